The van der Waals surface area contributed by atoms with Gasteiger partial charge in [0.25, 0.3) is 0 Å². The minimum absolute atomic E-state index is 0.350. The highest BCUT2D eigenvalue weighted by atomic mass is 16.7. The van der Waals surface area contributed by atoms with Gasteiger partial charge < -0.3 is 5.11 Å². The standard InChI is InChI=1S/C7H12N2O2/c8-3-1-2-4-9-5-7(10)6-11-9/h7,10H,1-2,4-6H2. The summed E-state index contributed by atoms with van der Waals surface area (Å²) in [6.45, 7) is 1.71. The van der Waals surface area contributed by atoms with Gasteiger partial charge in [0, 0.05) is 13.0 Å². The van der Waals surface area contributed by atoms with Crippen molar-refractivity contribution in [3.05, 3.63) is 0 Å². The Bertz CT molecular complexity index is 155. The Hall–Kier alpha value is -0.630. The van der Waals surface area contributed by atoms with E-state index in [9.17, 15) is 0 Å². The third kappa shape index (κ3) is 2.85. The Balaban J connectivity index is 2.05. The summed E-state index contributed by atoms with van der Waals surface area (Å²) in [5, 5.41) is 19.0. The quantitative estimate of drug-likeness (QED) is 0.580. The van der Waals surface area contributed by atoms with Crippen LogP contribution in [-0.4, -0.2) is 36.0 Å². The van der Waals surface area contributed by atoms with Gasteiger partial charge in [0.1, 0.15) is 0 Å². The summed E-state index contributed by atoms with van der Waals surface area (Å²) < 4.78 is 0. The molecule has 11 heavy (non-hydrogen) atoms. The third-order valence-electron chi connectivity index (χ3n) is 1.56. The maximum absolute atomic E-state index is 9.02. The van der Waals surface area contributed by atoms with Gasteiger partial charge in [-0.05, 0) is 6.42 Å². The summed E-state index contributed by atoms with van der Waals surface area (Å²) in [5.41, 5.74) is 0. The van der Waals surface area contributed by atoms with Gasteiger partial charge in [-0.3, -0.25) is 4.84 Å². The molecule has 1 aliphatic rings. The minimum Gasteiger partial charge on any atom is -0.389 e. The van der Waals surface area contributed by atoms with Crippen molar-refractivity contribution in [3.8, 4) is 6.07 Å². The molecule has 0 radical (unpaired) electrons. The Kier molecular flexibility index (Phi) is 3.30. The first-order valence-corrected chi connectivity index (χ1v) is 3.76. The predicted molar refractivity (Wildman–Crippen MR) is 38.4 cm³/mol. The Morgan fingerprint density at radius 2 is 2.55 bits per heavy atom. The van der Waals surface area contributed by atoms with Crippen molar-refractivity contribution < 1.29 is 9.94 Å². The topological polar surface area (TPSA) is 56.5 Å². The molecule has 1 N–H and O–H groups in total. The molecule has 0 saturated carbocycles. The molecule has 1 saturated heterocycles. The van der Waals surface area contributed by atoms with Gasteiger partial charge in [0.15, 0.2) is 0 Å². The zero-order chi connectivity index (χ0) is 8.10. The van der Waals surface area contributed by atoms with Crippen molar-refractivity contribution in [1.29, 1.82) is 5.26 Å². The lowest BCUT2D eigenvalue weighted by atomic mass is 10.3. The van der Waals surface area contributed by atoms with E-state index in [-0.39, 0.29) is 6.10 Å². The number of hydrogen-bond acceptors (Lipinski definition) is 4. The van der Waals surface area contributed by atoms with Gasteiger partial charge in [-0.15, -0.1) is 0 Å². The van der Waals surface area contributed by atoms with Gasteiger partial charge in [-0.2, -0.15) is 10.3 Å². The molecule has 4 nitrogen and oxygen atoms in total. The molecule has 1 aliphatic heterocycles. The van der Waals surface area contributed by atoms with Crippen molar-refractivity contribution in [2.45, 2.75) is 18.9 Å². The van der Waals surface area contributed by atoms with Crippen molar-refractivity contribution >= 4 is 0 Å². The summed E-state index contributed by atoms with van der Waals surface area (Å²) in [6.07, 6.45) is 1.01. The molecule has 1 unspecified atom stereocenters. The van der Waals surface area contributed by atoms with Crippen molar-refractivity contribution in [2.24, 2.45) is 0 Å². The Morgan fingerprint density at radius 3 is 3.09 bits per heavy atom. The highest BCUT2D eigenvalue weighted by molar-refractivity contribution is 4.70. The molecule has 1 atom stereocenters. The molecule has 0 spiro atoms. The van der Waals surface area contributed by atoms with E-state index in [4.69, 9.17) is 15.2 Å². The summed E-state index contributed by atoms with van der Waals surface area (Å²) in [5.74, 6) is 0. The van der Waals surface area contributed by atoms with Crippen LogP contribution in [0.5, 0.6) is 0 Å². The second kappa shape index (κ2) is 4.29. The highest BCUT2D eigenvalue weighted by Gasteiger charge is 2.20. The first-order valence-electron chi connectivity index (χ1n) is 3.76. The first kappa shape index (κ1) is 8.47. The van der Waals surface area contributed by atoms with Crippen molar-refractivity contribution in [1.82, 2.24) is 5.06 Å². The molecule has 0 aromatic rings. The van der Waals surface area contributed by atoms with Crippen LogP contribution in [0.2, 0.25) is 0 Å². The summed E-state index contributed by atoms with van der Waals surface area (Å²) in [7, 11) is 0. The zero-order valence-corrected chi connectivity index (χ0v) is 6.36. The number of nitriles is 1. The first-order chi connectivity index (χ1) is 5.33. The van der Waals surface area contributed by atoms with Gasteiger partial charge in [0.05, 0.1) is 25.3 Å². The van der Waals surface area contributed by atoms with Crippen LogP contribution in [0.15, 0.2) is 0 Å². The lowest BCUT2D eigenvalue weighted by molar-refractivity contribution is -0.110. The number of unbranched alkanes of at least 4 members (excludes halogenated alkanes) is 1. The van der Waals surface area contributed by atoms with E-state index in [2.05, 4.69) is 6.07 Å². The molecule has 4 heteroatoms. The molecule has 1 fully saturated rings. The highest BCUT2D eigenvalue weighted by Crippen LogP contribution is 2.05. The van der Waals surface area contributed by atoms with Crippen LogP contribution < -0.4 is 0 Å². The number of hydroxylamine groups is 2. The molecular formula is C7H12N2O2. The van der Waals surface area contributed by atoms with Crippen LogP contribution in [0.1, 0.15) is 12.8 Å². The molecular weight excluding hydrogens is 144 g/mol. The normalized spacial score (nSPS) is 25.3. The van der Waals surface area contributed by atoms with Crippen LogP contribution in [0.3, 0.4) is 0 Å². The molecule has 1 heterocycles. The molecule has 0 aromatic heterocycles. The van der Waals surface area contributed by atoms with E-state index < -0.39 is 0 Å². The third-order valence-corrected chi connectivity index (χ3v) is 1.56. The van der Waals surface area contributed by atoms with E-state index in [1.807, 2.05) is 0 Å². The second-order valence-corrected chi connectivity index (χ2v) is 2.60. The molecule has 0 aliphatic carbocycles. The van der Waals surface area contributed by atoms with E-state index in [1.54, 1.807) is 5.06 Å². The van der Waals surface area contributed by atoms with E-state index in [0.29, 0.717) is 19.6 Å². The molecule has 0 aromatic carbocycles. The van der Waals surface area contributed by atoms with Crippen LogP contribution >= 0.6 is 0 Å². The molecule has 0 bridgehead atoms. The van der Waals surface area contributed by atoms with Gasteiger partial charge in [0.2, 0.25) is 0 Å². The largest absolute Gasteiger partial charge is 0.389 e. The number of aliphatic hydroxyl groups is 1. The summed E-state index contributed by atoms with van der Waals surface area (Å²) >= 11 is 0. The Labute approximate surface area is 65.9 Å². The van der Waals surface area contributed by atoms with Crippen LogP contribution in [0.4, 0.5) is 0 Å². The second-order valence-electron chi connectivity index (χ2n) is 2.60. The monoisotopic (exact) mass is 156 g/mol. The number of aliphatic hydroxyl groups excluding tert-OH is 1. The van der Waals surface area contributed by atoms with E-state index >= 15 is 0 Å². The minimum atomic E-state index is -0.350. The van der Waals surface area contributed by atoms with Crippen molar-refractivity contribution in [2.75, 3.05) is 19.7 Å². The summed E-state index contributed by atoms with van der Waals surface area (Å²) in [4.78, 5) is 5.09. The molecule has 62 valence electrons. The van der Waals surface area contributed by atoms with Crippen LogP contribution in [0, 0.1) is 11.3 Å². The Morgan fingerprint density at radius 1 is 1.73 bits per heavy atom. The average Bonchev–Trinajstić information content (AvgIpc) is 2.37. The SMILES string of the molecule is N#CCCCN1CC(O)CO1. The van der Waals surface area contributed by atoms with Gasteiger partial charge >= 0.3 is 0 Å². The molecule has 1 rings (SSSR count). The van der Waals surface area contributed by atoms with Crippen molar-refractivity contribution in [3.63, 3.8) is 0 Å². The maximum Gasteiger partial charge on any atom is 0.0958 e. The smallest absolute Gasteiger partial charge is 0.0958 e. The number of β-amino-alcohol motifs (C(OH)–C–C–N with tert-alkyl or cyclic N) is 1. The van der Waals surface area contributed by atoms with Gasteiger partial charge in [-0.25, -0.2) is 0 Å². The average molecular weight is 156 g/mol. The number of hydrogen-bond donors (Lipinski definition) is 1. The lowest BCUT2D eigenvalue weighted by Gasteiger charge is -2.11. The number of nitrogens with zero attached hydrogens (tertiary/aromatic N) is 2. The fourth-order valence-electron chi connectivity index (χ4n) is 1.02. The van der Waals surface area contributed by atoms with Gasteiger partial charge in [-0.1, -0.05) is 0 Å². The zero-order valence-electron chi connectivity index (χ0n) is 6.36. The maximum atomic E-state index is 9.02. The van der Waals surface area contributed by atoms with E-state index in [1.165, 1.54) is 0 Å². The van der Waals surface area contributed by atoms with Crippen LogP contribution in [-0.2, 0) is 4.84 Å². The van der Waals surface area contributed by atoms with Crippen LogP contribution in [0.25, 0.3) is 0 Å². The fraction of sp³-hybridized carbons (Fsp3) is 0.857. The molecule has 0 amide bonds. The summed E-state index contributed by atoms with van der Waals surface area (Å²) in [6, 6.07) is 2.06. The number of rotatable bonds is 3. The lowest BCUT2D eigenvalue weighted by Crippen LogP contribution is -2.21. The van der Waals surface area contributed by atoms with E-state index in [0.717, 1.165) is 13.0 Å². The fourth-order valence-corrected chi connectivity index (χ4v) is 1.02. The predicted octanol–water partition coefficient (Wildman–Crippen LogP) is -0.102.